The van der Waals surface area contributed by atoms with E-state index in [2.05, 4.69) is 11.4 Å². The van der Waals surface area contributed by atoms with Crippen molar-refractivity contribution in [3.05, 3.63) is 47.4 Å². The zero-order valence-corrected chi connectivity index (χ0v) is 21.0. The minimum Gasteiger partial charge on any atom is -0.454 e. The molecule has 1 N–H and O–H groups in total. The number of fused-ring (bicyclic) bond motifs is 3. The van der Waals surface area contributed by atoms with Crippen molar-refractivity contribution in [1.82, 2.24) is 5.32 Å². The van der Waals surface area contributed by atoms with Gasteiger partial charge in [0.25, 0.3) is 0 Å². The van der Waals surface area contributed by atoms with Crippen molar-refractivity contribution >= 4 is 29.6 Å². The number of carbonyl (C=O) groups excluding carboxylic acids is 3. The zero-order valence-electron chi connectivity index (χ0n) is 20.2. The molecule has 8 heteroatoms. The number of piperidine rings is 3. The molecule has 1 aromatic carbocycles. The van der Waals surface area contributed by atoms with E-state index in [9.17, 15) is 14.4 Å². The minimum atomic E-state index is -0.956. The number of benzene rings is 1. The van der Waals surface area contributed by atoms with E-state index < -0.39 is 23.7 Å². The van der Waals surface area contributed by atoms with Crippen LogP contribution in [0, 0.1) is 5.92 Å². The molecule has 1 amide bonds. The van der Waals surface area contributed by atoms with Gasteiger partial charge in [0.1, 0.15) is 18.7 Å². The van der Waals surface area contributed by atoms with Crippen molar-refractivity contribution in [2.24, 2.45) is 5.92 Å². The Morgan fingerprint density at radius 1 is 1.15 bits per heavy atom. The normalized spacial score (nSPS) is 28.9. The third-order valence-corrected chi connectivity index (χ3v) is 8.01. The molecule has 0 saturated carbocycles. The quantitative estimate of drug-likeness (QED) is 0.463. The van der Waals surface area contributed by atoms with Gasteiger partial charge in [0, 0.05) is 18.8 Å². The van der Waals surface area contributed by atoms with Crippen LogP contribution in [0.4, 0.5) is 4.79 Å². The lowest BCUT2D eigenvalue weighted by Crippen LogP contribution is -2.66. The predicted octanol–water partition coefficient (Wildman–Crippen LogP) is 3.99. The van der Waals surface area contributed by atoms with Crippen LogP contribution >= 0.6 is 11.8 Å². The second kappa shape index (κ2) is 10.1. The summed E-state index contributed by atoms with van der Waals surface area (Å²) in [6.07, 6.45) is 3.82. The molecule has 184 valence electrons. The lowest BCUT2D eigenvalue weighted by Gasteiger charge is -2.51. The third kappa shape index (κ3) is 6.02. The molecule has 2 bridgehead atoms. The van der Waals surface area contributed by atoms with Crippen molar-refractivity contribution in [2.75, 3.05) is 26.2 Å². The van der Waals surface area contributed by atoms with Crippen LogP contribution in [0.25, 0.3) is 0 Å². The number of alkyl carbamates (subject to hydrolysis) is 1. The molecule has 4 aliphatic rings. The van der Waals surface area contributed by atoms with Gasteiger partial charge in [0.15, 0.2) is 17.9 Å². The standard InChI is InChI=1S/C26H34N2O5S/c1-26(2,3)33-25(31)27-23(19-8-5-4-6-9-19)24(30)32-21-17-28(13-11-18(21)12-14-28)16-20(29)22-10-7-15-34-22/h4-9,15,18,21-23H,10-14,16-17H2,1-3H3/p+1/t18?,21-,22?,23?,28?/m0/s1. The fraction of sp³-hybridized carbons (Fsp3) is 0.577. The molecule has 4 heterocycles. The SMILES string of the molecule is CC(C)(C)OC(=O)NC(C(=O)O[C@H]1C[N+]2(CC(=O)C3CC=CS3)CCC1CC2)c1ccccc1. The number of nitrogens with zero attached hydrogens (tertiary/aromatic N) is 1. The lowest BCUT2D eigenvalue weighted by molar-refractivity contribution is -0.939. The van der Waals surface area contributed by atoms with E-state index in [0.717, 1.165) is 32.4 Å². The number of carbonyl (C=O) groups is 3. The van der Waals surface area contributed by atoms with E-state index in [1.54, 1.807) is 44.7 Å². The molecular formula is C26H35N2O5S+. The number of thioether (sulfide) groups is 1. The highest BCUT2D eigenvalue weighted by Crippen LogP contribution is 2.37. The Balaban J connectivity index is 1.44. The molecule has 1 aromatic rings. The average molecular weight is 488 g/mol. The first-order valence-electron chi connectivity index (χ1n) is 12.1. The largest absolute Gasteiger partial charge is 0.454 e. The van der Waals surface area contributed by atoms with Gasteiger partial charge in [-0.3, -0.25) is 4.79 Å². The van der Waals surface area contributed by atoms with Crippen molar-refractivity contribution in [3.63, 3.8) is 0 Å². The van der Waals surface area contributed by atoms with Gasteiger partial charge in [0.2, 0.25) is 0 Å². The molecule has 0 aromatic heterocycles. The Morgan fingerprint density at radius 3 is 2.47 bits per heavy atom. The van der Waals surface area contributed by atoms with Crippen molar-refractivity contribution in [2.45, 2.75) is 63.0 Å². The molecule has 3 saturated heterocycles. The number of rotatable bonds is 7. The Kier molecular flexibility index (Phi) is 7.38. The van der Waals surface area contributed by atoms with Crippen LogP contribution in [0.2, 0.25) is 0 Å². The topological polar surface area (TPSA) is 81.7 Å². The summed E-state index contributed by atoms with van der Waals surface area (Å²) in [5.74, 6) is 0.0875. The van der Waals surface area contributed by atoms with Crippen LogP contribution < -0.4 is 5.32 Å². The van der Waals surface area contributed by atoms with Crippen LogP contribution in [0.3, 0.4) is 0 Å². The summed E-state index contributed by atoms with van der Waals surface area (Å²) in [7, 11) is 0. The van der Waals surface area contributed by atoms with Crippen molar-refractivity contribution in [3.8, 4) is 0 Å². The van der Waals surface area contributed by atoms with Crippen LogP contribution in [-0.2, 0) is 19.1 Å². The van der Waals surface area contributed by atoms with E-state index in [-0.39, 0.29) is 17.1 Å². The van der Waals surface area contributed by atoms with Crippen LogP contribution in [0.5, 0.6) is 0 Å². The van der Waals surface area contributed by atoms with E-state index in [0.29, 0.717) is 29.1 Å². The predicted molar refractivity (Wildman–Crippen MR) is 131 cm³/mol. The van der Waals surface area contributed by atoms with Gasteiger partial charge < -0.3 is 19.3 Å². The fourth-order valence-corrected chi connectivity index (χ4v) is 6.03. The highest BCUT2D eigenvalue weighted by Gasteiger charge is 2.49. The maximum Gasteiger partial charge on any atom is 0.408 e. The number of amides is 1. The maximum atomic E-state index is 13.3. The number of nitrogens with one attached hydrogen (secondary N) is 1. The first kappa shape index (κ1) is 24.8. The van der Waals surface area contributed by atoms with Crippen LogP contribution in [0.15, 0.2) is 41.8 Å². The number of Topliss-reactive ketones (excluding diaryl/α,β-unsaturated/α-hetero) is 1. The van der Waals surface area contributed by atoms with Gasteiger partial charge in [-0.05, 0) is 38.2 Å². The summed E-state index contributed by atoms with van der Waals surface area (Å²) in [4.78, 5) is 38.7. The summed E-state index contributed by atoms with van der Waals surface area (Å²) >= 11 is 1.61. The Morgan fingerprint density at radius 2 is 1.85 bits per heavy atom. The van der Waals surface area contributed by atoms with Gasteiger partial charge in [-0.15, -0.1) is 11.8 Å². The smallest absolute Gasteiger partial charge is 0.408 e. The molecule has 0 spiro atoms. The monoisotopic (exact) mass is 487 g/mol. The summed E-state index contributed by atoms with van der Waals surface area (Å²) < 4.78 is 12.1. The Labute approximate surface area is 205 Å². The molecule has 2 unspecified atom stereocenters. The molecule has 3 atom stereocenters. The molecule has 34 heavy (non-hydrogen) atoms. The fourth-order valence-electron chi connectivity index (χ4n) is 5.17. The van der Waals surface area contributed by atoms with Gasteiger partial charge in [-0.25, -0.2) is 9.59 Å². The van der Waals surface area contributed by atoms with E-state index in [4.69, 9.17) is 9.47 Å². The summed E-state index contributed by atoms with van der Waals surface area (Å²) in [5, 5.41) is 4.73. The van der Waals surface area contributed by atoms with Gasteiger partial charge in [-0.1, -0.05) is 36.4 Å². The number of ether oxygens (including phenoxy) is 2. The number of allylic oxidation sites excluding steroid dienone is 1. The van der Waals surface area contributed by atoms with Crippen LogP contribution in [0.1, 0.15) is 51.6 Å². The van der Waals surface area contributed by atoms with Crippen molar-refractivity contribution < 1.29 is 28.3 Å². The summed E-state index contributed by atoms with van der Waals surface area (Å²) in [5.41, 5.74) is -0.0363. The molecule has 0 radical (unpaired) electrons. The highest BCUT2D eigenvalue weighted by molar-refractivity contribution is 8.03. The molecule has 5 rings (SSSR count). The zero-order chi connectivity index (χ0) is 24.3. The second-order valence-corrected chi connectivity index (χ2v) is 11.7. The number of esters is 1. The number of hydrogen-bond donors (Lipinski definition) is 1. The second-order valence-electron chi connectivity index (χ2n) is 10.6. The molecular weight excluding hydrogens is 452 g/mol. The average Bonchev–Trinajstić information content (AvgIpc) is 3.33. The molecule has 4 aliphatic heterocycles. The van der Waals surface area contributed by atoms with E-state index in [1.165, 1.54) is 0 Å². The number of hydrogen-bond acceptors (Lipinski definition) is 6. The maximum absolute atomic E-state index is 13.3. The minimum absolute atomic E-state index is 0.0219. The van der Waals surface area contributed by atoms with E-state index in [1.807, 2.05) is 23.6 Å². The molecule has 3 fully saturated rings. The van der Waals surface area contributed by atoms with Gasteiger partial charge in [-0.2, -0.15) is 0 Å². The van der Waals surface area contributed by atoms with Gasteiger partial charge >= 0.3 is 12.1 Å². The number of ketones is 1. The van der Waals surface area contributed by atoms with Crippen molar-refractivity contribution in [1.29, 1.82) is 0 Å². The summed E-state index contributed by atoms with van der Waals surface area (Å²) in [6.45, 7) is 8.39. The van der Waals surface area contributed by atoms with Crippen LogP contribution in [-0.4, -0.2) is 65.5 Å². The van der Waals surface area contributed by atoms with Gasteiger partial charge in [0.05, 0.1) is 18.3 Å². The van der Waals surface area contributed by atoms with E-state index >= 15 is 0 Å². The number of quaternary nitrogens is 1. The first-order valence-corrected chi connectivity index (χ1v) is 13.0. The molecule has 7 nitrogen and oxygen atoms in total. The summed E-state index contributed by atoms with van der Waals surface area (Å²) in [6, 6.07) is 8.13. The third-order valence-electron chi connectivity index (χ3n) is 6.88. The highest BCUT2D eigenvalue weighted by atomic mass is 32.2. The lowest BCUT2D eigenvalue weighted by atomic mass is 9.83. The first-order chi connectivity index (χ1) is 16.1. The molecule has 0 aliphatic carbocycles. The Hall–Kier alpha value is -2.32. The Bertz CT molecular complexity index is 926.